The summed E-state index contributed by atoms with van der Waals surface area (Å²) in [7, 11) is 2.03. The fourth-order valence-corrected chi connectivity index (χ4v) is 2.78. The number of hydrogen-bond donors (Lipinski definition) is 1. The maximum Gasteiger partial charge on any atom is 0.0195 e. The highest BCUT2D eigenvalue weighted by atomic mass is 32.2. The van der Waals surface area contributed by atoms with Gasteiger partial charge in [-0.3, -0.25) is 0 Å². The molecule has 0 saturated heterocycles. The Balaban J connectivity index is 2.48. The van der Waals surface area contributed by atoms with E-state index in [1.807, 2.05) is 18.8 Å². The van der Waals surface area contributed by atoms with Gasteiger partial charge in [-0.05, 0) is 38.4 Å². The van der Waals surface area contributed by atoms with Gasteiger partial charge in [0.25, 0.3) is 0 Å². The van der Waals surface area contributed by atoms with Crippen LogP contribution in [-0.2, 0) is 0 Å². The predicted molar refractivity (Wildman–Crippen MR) is 78.8 cm³/mol. The third kappa shape index (κ3) is 4.97. The van der Waals surface area contributed by atoms with Crippen molar-refractivity contribution in [1.82, 2.24) is 5.32 Å². The van der Waals surface area contributed by atoms with Gasteiger partial charge in [0.1, 0.15) is 0 Å². The highest BCUT2D eigenvalue weighted by molar-refractivity contribution is 7.99. The van der Waals surface area contributed by atoms with Crippen LogP contribution < -0.4 is 5.32 Å². The molecule has 0 heterocycles. The Bertz CT molecular complexity index is 360. The number of aryl methyl sites for hydroxylation is 1. The molecule has 1 rings (SSSR count). The van der Waals surface area contributed by atoms with Crippen LogP contribution in [0, 0.1) is 6.92 Å². The smallest absolute Gasteiger partial charge is 0.0195 e. The van der Waals surface area contributed by atoms with Crippen molar-refractivity contribution in [2.24, 2.45) is 0 Å². The molecule has 0 aliphatic rings. The lowest BCUT2D eigenvalue weighted by molar-refractivity contribution is 0.607. The molecule has 0 fully saturated rings. The summed E-state index contributed by atoms with van der Waals surface area (Å²) in [6.45, 7) is 8.42. The first-order valence-electron chi connectivity index (χ1n) is 6.19. The third-order valence-corrected chi connectivity index (χ3v) is 4.32. The van der Waals surface area contributed by atoms with Crippen LogP contribution in [-0.4, -0.2) is 18.8 Å². The number of rotatable bonds is 7. The van der Waals surface area contributed by atoms with Gasteiger partial charge in [-0.2, -0.15) is 0 Å². The van der Waals surface area contributed by atoms with E-state index in [2.05, 4.69) is 50.0 Å². The largest absolute Gasteiger partial charge is 0.316 e. The van der Waals surface area contributed by atoms with Crippen LogP contribution in [0.25, 0.3) is 0 Å². The molecular formula is C15H23NS. The highest BCUT2D eigenvalue weighted by Crippen LogP contribution is 2.23. The second kappa shape index (κ2) is 7.57. The van der Waals surface area contributed by atoms with Crippen molar-refractivity contribution in [2.75, 3.05) is 12.8 Å². The van der Waals surface area contributed by atoms with Gasteiger partial charge in [0.05, 0.1) is 0 Å². The number of thioether (sulfide) groups is 1. The first-order chi connectivity index (χ1) is 8.17. The van der Waals surface area contributed by atoms with Gasteiger partial charge in [0.2, 0.25) is 0 Å². The van der Waals surface area contributed by atoms with E-state index < -0.39 is 0 Å². The van der Waals surface area contributed by atoms with Crippen molar-refractivity contribution in [1.29, 1.82) is 0 Å². The third-order valence-electron chi connectivity index (χ3n) is 2.98. The summed E-state index contributed by atoms with van der Waals surface area (Å²) in [4.78, 5) is 1.38. The van der Waals surface area contributed by atoms with Crippen molar-refractivity contribution in [3.8, 4) is 0 Å². The number of hydrogen-bond acceptors (Lipinski definition) is 2. The van der Waals surface area contributed by atoms with Crippen molar-refractivity contribution in [3.63, 3.8) is 0 Å². The molecule has 0 aliphatic carbocycles. The highest BCUT2D eigenvalue weighted by Gasteiger charge is 2.08. The molecule has 2 heteroatoms. The first-order valence-corrected chi connectivity index (χ1v) is 7.18. The molecular weight excluding hydrogens is 226 g/mol. The maximum atomic E-state index is 4.08. The molecule has 1 nitrogen and oxygen atoms in total. The second-order valence-corrected chi connectivity index (χ2v) is 5.43. The van der Waals surface area contributed by atoms with Crippen LogP contribution in [0.4, 0.5) is 0 Å². The lowest BCUT2D eigenvalue weighted by atomic mass is 10.1. The van der Waals surface area contributed by atoms with Crippen LogP contribution in [0.5, 0.6) is 0 Å². The summed E-state index contributed by atoms with van der Waals surface area (Å²) >= 11 is 1.93. The molecule has 1 aromatic rings. The minimum Gasteiger partial charge on any atom is -0.316 e. The van der Waals surface area contributed by atoms with E-state index in [0.717, 1.165) is 18.6 Å². The van der Waals surface area contributed by atoms with Crippen LogP contribution in [0.2, 0.25) is 0 Å². The van der Waals surface area contributed by atoms with Gasteiger partial charge in [0.15, 0.2) is 0 Å². The Morgan fingerprint density at radius 1 is 1.41 bits per heavy atom. The summed E-state index contributed by atoms with van der Waals surface area (Å²) in [5, 5.41) is 3.38. The molecule has 0 radical (unpaired) electrons. The van der Waals surface area contributed by atoms with Crippen LogP contribution in [0.3, 0.4) is 0 Å². The molecule has 0 aliphatic heterocycles. The standard InChI is InChI=1S/C15H23NS/c1-5-12(2)10-14(16-4)11-17-15-9-7-6-8-13(15)3/h6-9,14,16H,2,5,10-11H2,1,3-4H3. The predicted octanol–water partition coefficient (Wildman–Crippen LogP) is 4.03. The molecule has 1 unspecified atom stereocenters. The average Bonchev–Trinajstić information content (AvgIpc) is 2.35. The van der Waals surface area contributed by atoms with E-state index in [1.165, 1.54) is 16.0 Å². The van der Waals surface area contributed by atoms with Crippen LogP contribution >= 0.6 is 11.8 Å². The second-order valence-electron chi connectivity index (χ2n) is 4.37. The Morgan fingerprint density at radius 3 is 2.71 bits per heavy atom. The van der Waals surface area contributed by atoms with Gasteiger partial charge in [-0.15, -0.1) is 11.8 Å². The molecule has 17 heavy (non-hydrogen) atoms. The Morgan fingerprint density at radius 2 is 2.12 bits per heavy atom. The van der Waals surface area contributed by atoms with E-state index in [4.69, 9.17) is 0 Å². The van der Waals surface area contributed by atoms with E-state index >= 15 is 0 Å². The fraction of sp³-hybridized carbons (Fsp3) is 0.467. The summed E-state index contributed by atoms with van der Waals surface area (Å²) in [5.41, 5.74) is 2.69. The summed E-state index contributed by atoms with van der Waals surface area (Å²) in [6, 6.07) is 9.08. The molecule has 1 N–H and O–H groups in total. The fourth-order valence-electron chi connectivity index (χ4n) is 1.65. The topological polar surface area (TPSA) is 12.0 Å². The van der Waals surface area contributed by atoms with E-state index in [0.29, 0.717) is 6.04 Å². The molecule has 0 spiro atoms. The monoisotopic (exact) mass is 249 g/mol. The van der Waals surface area contributed by atoms with E-state index in [-0.39, 0.29) is 0 Å². The van der Waals surface area contributed by atoms with E-state index in [1.54, 1.807) is 0 Å². The number of benzene rings is 1. The molecule has 1 aromatic carbocycles. The summed E-state index contributed by atoms with van der Waals surface area (Å²) in [5.74, 6) is 1.10. The van der Waals surface area contributed by atoms with Gasteiger partial charge in [-0.1, -0.05) is 37.3 Å². The summed E-state index contributed by atoms with van der Waals surface area (Å²) in [6.07, 6.45) is 2.15. The van der Waals surface area contributed by atoms with Gasteiger partial charge in [0, 0.05) is 16.7 Å². The molecule has 0 bridgehead atoms. The zero-order chi connectivity index (χ0) is 12.7. The zero-order valence-electron chi connectivity index (χ0n) is 11.1. The van der Waals surface area contributed by atoms with Crippen molar-refractivity contribution in [2.45, 2.75) is 37.6 Å². The minimum atomic E-state index is 0.520. The van der Waals surface area contributed by atoms with Crippen molar-refractivity contribution < 1.29 is 0 Å². The van der Waals surface area contributed by atoms with Gasteiger partial charge < -0.3 is 5.32 Å². The molecule has 1 atom stereocenters. The van der Waals surface area contributed by atoms with Crippen molar-refractivity contribution in [3.05, 3.63) is 42.0 Å². The molecule has 0 amide bonds. The number of nitrogens with one attached hydrogen (secondary N) is 1. The maximum absolute atomic E-state index is 4.08. The quantitative estimate of drug-likeness (QED) is 0.578. The molecule has 0 saturated carbocycles. The Labute approximate surface area is 110 Å². The van der Waals surface area contributed by atoms with Crippen molar-refractivity contribution >= 4 is 11.8 Å². The minimum absolute atomic E-state index is 0.520. The Hall–Kier alpha value is -0.730. The van der Waals surface area contributed by atoms with Crippen LogP contribution in [0.1, 0.15) is 25.3 Å². The van der Waals surface area contributed by atoms with Gasteiger partial charge >= 0.3 is 0 Å². The summed E-state index contributed by atoms with van der Waals surface area (Å²) < 4.78 is 0. The lowest BCUT2D eigenvalue weighted by Gasteiger charge is -2.17. The Kier molecular flexibility index (Phi) is 6.38. The SMILES string of the molecule is C=C(CC)CC(CSc1ccccc1C)NC. The molecule has 0 aromatic heterocycles. The molecule has 94 valence electrons. The zero-order valence-corrected chi connectivity index (χ0v) is 11.9. The van der Waals surface area contributed by atoms with Crippen LogP contribution in [0.15, 0.2) is 41.3 Å². The average molecular weight is 249 g/mol. The first kappa shape index (κ1) is 14.3. The van der Waals surface area contributed by atoms with E-state index in [9.17, 15) is 0 Å². The lowest BCUT2D eigenvalue weighted by Crippen LogP contribution is -2.28. The van der Waals surface area contributed by atoms with Gasteiger partial charge in [-0.25, -0.2) is 0 Å². The normalized spacial score (nSPS) is 12.4.